The van der Waals surface area contributed by atoms with E-state index < -0.39 is 0 Å². The zero-order chi connectivity index (χ0) is 12.7. The van der Waals surface area contributed by atoms with E-state index in [2.05, 4.69) is 5.32 Å². The third kappa shape index (κ3) is 4.44. The van der Waals surface area contributed by atoms with Gasteiger partial charge < -0.3 is 15.2 Å². The van der Waals surface area contributed by atoms with Gasteiger partial charge in [-0.05, 0) is 31.0 Å². The smallest absolute Gasteiger partial charge is 0.220 e. The van der Waals surface area contributed by atoms with Gasteiger partial charge in [0.25, 0.3) is 0 Å². The van der Waals surface area contributed by atoms with E-state index in [1.807, 2.05) is 31.2 Å². The number of ether oxygens (including phenoxy) is 1. The van der Waals surface area contributed by atoms with Crippen molar-refractivity contribution in [1.82, 2.24) is 5.32 Å². The van der Waals surface area contributed by atoms with Gasteiger partial charge in [0, 0.05) is 13.0 Å². The lowest BCUT2D eigenvalue weighted by molar-refractivity contribution is -0.122. The molecule has 1 atom stereocenters. The van der Waals surface area contributed by atoms with Crippen LogP contribution < -0.4 is 10.1 Å². The molecule has 0 fully saturated rings. The standard InChI is InChI=1S/C13H19NO3/c1-10(14-13(16)7-4-8-15)11-5-3-6-12(9-11)17-2/h3,5-6,9-10,15H,4,7-8H2,1-2H3,(H,14,16)/t10-/m1/s1. The van der Waals surface area contributed by atoms with E-state index in [0.717, 1.165) is 11.3 Å². The molecule has 0 radical (unpaired) electrons. The number of hydrogen-bond donors (Lipinski definition) is 2. The van der Waals surface area contributed by atoms with Gasteiger partial charge in [0.2, 0.25) is 5.91 Å². The Morgan fingerprint density at radius 3 is 2.94 bits per heavy atom. The number of nitrogens with one attached hydrogen (secondary N) is 1. The van der Waals surface area contributed by atoms with Crippen LogP contribution in [0.4, 0.5) is 0 Å². The molecule has 1 aromatic carbocycles. The molecule has 17 heavy (non-hydrogen) atoms. The largest absolute Gasteiger partial charge is 0.497 e. The number of amides is 1. The lowest BCUT2D eigenvalue weighted by atomic mass is 10.1. The molecule has 2 N–H and O–H groups in total. The number of aliphatic hydroxyl groups is 1. The molecule has 4 heteroatoms. The number of aliphatic hydroxyl groups excluding tert-OH is 1. The maximum absolute atomic E-state index is 11.5. The van der Waals surface area contributed by atoms with Gasteiger partial charge in [0.1, 0.15) is 5.75 Å². The fourth-order valence-corrected chi connectivity index (χ4v) is 1.55. The number of carbonyl (C=O) groups is 1. The summed E-state index contributed by atoms with van der Waals surface area (Å²) in [6.07, 6.45) is 0.849. The fraction of sp³-hybridized carbons (Fsp3) is 0.462. The average molecular weight is 237 g/mol. The highest BCUT2D eigenvalue weighted by Crippen LogP contribution is 2.18. The van der Waals surface area contributed by atoms with Crippen LogP contribution in [0.5, 0.6) is 5.75 Å². The molecule has 0 aliphatic rings. The Labute approximate surface area is 102 Å². The van der Waals surface area contributed by atoms with Crippen molar-refractivity contribution in [3.8, 4) is 5.75 Å². The SMILES string of the molecule is COc1cccc([C@@H](C)NC(=O)CCCO)c1. The summed E-state index contributed by atoms with van der Waals surface area (Å²) in [7, 11) is 1.61. The van der Waals surface area contributed by atoms with E-state index in [9.17, 15) is 4.79 Å². The molecule has 0 saturated carbocycles. The molecule has 1 amide bonds. The van der Waals surface area contributed by atoms with E-state index in [1.54, 1.807) is 7.11 Å². The number of methoxy groups -OCH3 is 1. The zero-order valence-electron chi connectivity index (χ0n) is 10.3. The summed E-state index contributed by atoms with van der Waals surface area (Å²) in [5, 5.41) is 11.5. The number of benzene rings is 1. The van der Waals surface area contributed by atoms with Gasteiger partial charge >= 0.3 is 0 Å². The van der Waals surface area contributed by atoms with Crippen molar-refractivity contribution in [3.63, 3.8) is 0 Å². The Bertz CT molecular complexity index is 365. The van der Waals surface area contributed by atoms with Crippen LogP contribution >= 0.6 is 0 Å². The Morgan fingerprint density at radius 2 is 2.29 bits per heavy atom. The maximum atomic E-state index is 11.5. The summed E-state index contributed by atoms with van der Waals surface area (Å²) < 4.78 is 5.13. The molecule has 0 aliphatic carbocycles. The molecular weight excluding hydrogens is 218 g/mol. The van der Waals surface area contributed by atoms with Crippen molar-refractivity contribution >= 4 is 5.91 Å². The van der Waals surface area contributed by atoms with Crippen molar-refractivity contribution in [1.29, 1.82) is 0 Å². The molecule has 1 rings (SSSR count). The van der Waals surface area contributed by atoms with Gasteiger partial charge in [-0.3, -0.25) is 4.79 Å². The molecule has 0 spiro atoms. The normalized spacial score (nSPS) is 11.9. The van der Waals surface area contributed by atoms with Gasteiger partial charge in [0.15, 0.2) is 0 Å². The summed E-state index contributed by atoms with van der Waals surface area (Å²) in [4.78, 5) is 11.5. The second-order valence-corrected chi connectivity index (χ2v) is 3.89. The van der Waals surface area contributed by atoms with Gasteiger partial charge in [-0.15, -0.1) is 0 Å². The minimum atomic E-state index is -0.0590. The first kappa shape index (κ1) is 13.5. The molecule has 0 aliphatic heterocycles. The van der Waals surface area contributed by atoms with Crippen LogP contribution in [0.1, 0.15) is 31.4 Å². The number of rotatable bonds is 6. The van der Waals surface area contributed by atoms with E-state index in [0.29, 0.717) is 12.8 Å². The van der Waals surface area contributed by atoms with Crippen molar-refractivity contribution in [2.75, 3.05) is 13.7 Å². The van der Waals surface area contributed by atoms with Crippen LogP contribution in [0.25, 0.3) is 0 Å². The second kappa shape index (κ2) is 6.91. The highest BCUT2D eigenvalue weighted by molar-refractivity contribution is 5.76. The van der Waals surface area contributed by atoms with Gasteiger partial charge in [-0.2, -0.15) is 0 Å². The van der Waals surface area contributed by atoms with E-state index in [4.69, 9.17) is 9.84 Å². The number of hydrogen-bond acceptors (Lipinski definition) is 3. The van der Waals surface area contributed by atoms with Crippen molar-refractivity contribution < 1.29 is 14.6 Å². The topological polar surface area (TPSA) is 58.6 Å². The lowest BCUT2D eigenvalue weighted by Crippen LogP contribution is -2.26. The summed E-state index contributed by atoms with van der Waals surface area (Å²) >= 11 is 0. The predicted octanol–water partition coefficient (Wildman–Crippen LogP) is 1.64. The van der Waals surface area contributed by atoms with Crippen molar-refractivity contribution in [2.45, 2.75) is 25.8 Å². The summed E-state index contributed by atoms with van der Waals surface area (Å²) in [6, 6.07) is 7.54. The minimum Gasteiger partial charge on any atom is -0.497 e. The first-order chi connectivity index (χ1) is 8.17. The fourth-order valence-electron chi connectivity index (χ4n) is 1.55. The van der Waals surface area contributed by atoms with Gasteiger partial charge in [-0.1, -0.05) is 12.1 Å². The lowest BCUT2D eigenvalue weighted by Gasteiger charge is -2.15. The molecule has 1 aromatic rings. The van der Waals surface area contributed by atoms with Gasteiger partial charge in [-0.25, -0.2) is 0 Å². The number of carbonyl (C=O) groups excluding carboxylic acids is 1. The highest BCUT2D eigenvalue weighted by Gasteiger charge is 2.09. The summed E-state index contributed by atoms with van der Waals surface area (Å²) in [5.41, 5.74) is 1.00. The zero-order valence-corrected chi connectivity index (χ0v) is 10.3. The van der Waals surface area contributed by atoms with E-state index in [1.165, 1.54) is 0 Å². The van der Waals surface area contributed by atoms with Crippen LogP contribution in [0.15, 0.2) is 24.3 Å². The molecule has 0 unspecified atom stereocenters. The van der Waals surface area contributed by atoms with E-state index >= 15 is 0 Å². The Balaban J connectivity index is 2.56. The van der Waals surface area contributed by atoms with Crippen LogP contribution in [0, 0.1) is 0 Å². The van der Waals surface area contributed by atoms with E-state index in [-0.39, 0.29) is 18.6 Å². The Morgan fingerprint density at radius 1 is 1.53 bits per heavy atom. The molecule has 94 valence electrons. The quantitative estimate of drug-likeness (QED) is 0.791. The van der Waals surface area contributed by atoms with Crippen LogP contribution in [-0.2, 0) is 4.79 Å². The monoisotopic (exact) mass is 237 g/mol. The second-order valence-electron chi connectivity index (χ2n) is 3.89. The summed E-state index contributed by atoms with van der Waals surface area (Å²) in [5.74, 6) is 0.730. The first-order valence-corrected chi connectivity index (χ1v) is 5.71. The summed E-state index contributed by atoms with van der Waals surface area (Å²) in [6.45, 7) is 1.96. The minimum absolute atomic E-state index is 0.0426. The van der Waals surface area contributed by atoms with Crippen molar-refractivity contribution in [3.05, 3.63) is 29.8 Å². The average Bonchev–Trinajstić information content (AvgIpc) is 2.36. The Kier molecular flexibility index (Phi) is 5.49. The third-order valence-electron chi connectivity index (χ3n) is 2.53. The predicted molar refractivity (Wildman–Crippen MR) is 65.9 cm³/mol. The first-order valence-electron chi connectivity index (χ1n) is 5.71. The molecule has 4 nitrogen and oxygen atoms in total. The van der Waals surface area contributed by atoms with Crippen LogP contribution in [0.2, 0.25) is 0 Å². The molecule has 0 heterocycles. The van der Waals surface area contributed by atoms with Crippen LogP contribution in [0.3, 0.4) is 0 Å². The third-order valence-corrected chi connectivity index (χ3v) is 2.53. The molecule has 0 saturated heterocycles. The van der Waals surface area contributed by atoms with Gasteiger partial charge in [0.05, 0.1) is 13.2 Å². The van der Waals surface area contributed by atoms with Crippen molar-refractivity contribution in [2.24, 2.45) is 0 Å². The van der Waals surface area contributed by atoms with Crippen LogP contribution in [-0.4, -0.2) is 24.7 Å². The highest BCUT2D eigenvalue weighted by atomic mass is 16.5. The molecule has 0 aromatic heterocycles. The molecular formula is C13H19NO3. The maximum Gasteiger partial charge on any atom is 0.220 e. The molecule has 0 bridgehead atoms. The Hall–Kier alpha value is -1.55.